The molecule has 1 N–H and O–H groups in total. The average molecular weight is 286 g/mol. The number of fused-ring (bicyclic) bond motifs is 1. The fraction of sp³-hybridized carbons (Fsp3) is 0.500. The highest BCUT2D eigenvalue weighted by atomic mass is 16.1. The molecular weight excluding hydrogens is 264 g/mol. The van der Waals surface area contributed by atoms with E-state index in [1.165, 1.54) is 12.8 Å². The van der Waals surface area contributed by atoms with Crippen LogP contribution in [0.2, 0.25) is 0 Å². The fourth-order valence-corrected chi connectivity index (χ4v) is 3.11. The first-order chi connectivity index (χ1) is 10.2. The molecule has 1 aliphatic rings. The predicted octanol–water partition coefficient (Wildman–Crippen LogP) is 1.19. The van der Waals surface area contributed by atoms with Gasteiger partial charge in [0, 0.05) is 31.4 Å². The topological polar surface area (TPSA) is 49.6 Å². The predicted molar refractivity (Wildman–Crippen MR) is 83.6 cm³/mol. The molecule has 21 heavy (non-hydrogen) atoms. The Labute approximate surface area is 124 Å². The minimum absolute atomic E-state index is 0.000589. The molecule has 2 aromatic rings. The van der Waals surface area contributed by atoms with Gasteiger partial charge in [-0.3, -0.25) is 14.1 Å². The molecule has 0 saturated carbocycles. The second-order valence-electron chi connectivity index (χ2n) is 5.84. The fourth-order valence-electron chi connectivity index (χ4n) is 3.11. The van der Waals surface area contributed by atoms with Gasteiger partial charge in [-0.2, -0.15) is 0 Å². The lowest BCUT2D eigenvalue weighted by molar-refractivity contribution is 0.239. The second kappa shape index (κ2) is 5.95. The van der Waals surface area contributed by atoms with Crippen LogP contribution in [0.25, 0.3) is 5.65 Å². The molecule has 0 aromatic carbocycles. The number of hydrogen-bond acceptors (Lipinski definition) is 4. The van der Waals surface area contributed by atoms with Gasteiger partial charge in [-0.05, 0) is 51.1 Å². The van der Waals surface area contributed by atoms with E-state index in [4.69, 9.17) is 0 Å². The maximum absolute atomic E-state index is 12.2. The first kappa shape index (κ1) is 14.2. The van der Waals surface area contributed by atoms with Gasteiger partial charge >= 0.3 is 0 Å². The van der Waals surface area contributed by atoms with Gasteiger partial charge in [0.15, 0.2) is 0 Å². The molecule has 0 amide bonds. The molecule has 112 valence electrons. The molecule has 5 nitrogen and oxygen atoms in total. The third-order valence-electron chi connectivity index (χ3n) is 4.18. The summed E-state index contributed by atoms with van der Waals surface area (Å²) >= 11 is 0. The van der Waals surface area contributed by atoms with E-state index in [2.05, 4.69) is 15.2 Å². The van der Waals surface area contributed by atoms with E-state index in [0.29, 0.717) is 6.04 Å². The molecule has 3 heterocycles. The Balaban J connectivity index is 1.89. The van der Waals surface area contributed by atoms with Crippen molar-refractivity contribution in [3.63, 3.8) is 0 Å². The number of likely N-dealkylation sites (tertiary alicyclic amines) is 1. The van der Waals surface area contributed by atoms with Gasteiger partial charge < -0.3 is 5.32 Å². The van der Waals surface area contributed by atoms with Crippen molar-refractivity contribution in [2.75, 3.05) is 20.1 Å². The summed E-state index contributed by atoms with van der Waals surface area (Å²) in [6, 6.07) is 6.10. The van der Waals surface area contributed by atoms with Crippen LogP contribution in [0, 0.1) is 6.92 Å². The Kier molecular flexibility index (Phi) is 4.03. The van der Waals surface area contributed by atoms with Gasteiger partial charge in [0.1, 0.15) is 5.65 Å². The molecule has 1 atom stereocenters. The van der Waals surface area contributed by atoms with E-state index in [0.717, 1.165) is 36.5 Å². The summed E-state index contributed by atoms with van der Waals surface area (Å²) in [6.45, 7) is 4.85. The summed E-state index contributed by atoms with van der Waals surface area (Å²) < 4.78 is 1.60. The van der Waals surface area contributed by atoms with Crippen LogP contribution in [0.1, 0.15) is 24.1 Å². The average Bonchev–Trinajstić information content (AvgIpc) is 2.86. The van der Waals surface area contributed by atoms with Crippen LogP contribution >= 0.6 is 0 Å². The van der Waals surface area contributed by atoms with E-state index < -0.39 is 0 Å². The molecule has 0 aliphatic carbocycles. The molecule has 2 aromatic heterocycles. The van der Waals surface area contributed by atoms with E-state index in [9.17, 15) is 4.79 Å². The molecule has 1 aliphatic heterocycles. The third-order valence-corrected chi connectivity index (χ3v) is 4.18. The molecule has 1 fully saturated rings. The minimum atomic E-state index is -0.000589. The number of nitrogens with zero attached hydrogens (tertiary/aromatic N) is 3. The Morgan fingerprint density at radius 1 is 1.43 bits per heavy atom. The van der Waals surface area contributed by atoms with E-state index in [1.54, 1.807) is 16.7 Å². The summed E-state index contributed by atoms with van der Waals surface area (Å²) in [6.07, 6.45) is 4.23. The first-order valence-corrected chi connectivity index (χ1v) is 7.55. The van der Waals surface area contributed by atoms with Crippen LogP contribution in [-0.2, 0) is 6.54 Å². The Bertz CT molecular complexity index is 694. The van der Waals surface area contributed by atoms with Crippen molar-refractivity contribution in [2.45, 2.75) is 32.4 Å². The summed E-state index contributed by atoms with van der Waals surface area (Å²) in [5, 5.41) is 3.25. The van der Waals surface area contributed by atoms with E-state index >= 15 is 0 Å². The largest absolute Gasteiger partial charge is 0.318 e. The maximum Gasteiger partial charge on any atom is 0.258 e. The van der Waals surface area contributed by atoms with Gasteiger partial charge in [0.2, 0.25) is 0 Å². The molecule has 3 rings (SSSR count). The highest BCUT2D eigenvalue weighted by Gasteiger charge is 2.24. The normalized spacial score (nSPS) is 19.4. The van der Waals surface area contributed by atoms with E-state index in [1.807, 2.05) is 26.1 Å². The molecule has 0 radical (unpaired) electrons. The van der Waals surface area contributed by atoms with Crippen molar-refractivity contribution < 1.29 is 0 Å². The van der Waals surface area contributed by atoms with Gasteiger partial charge in [-0.1, -0.05) is 0 Å². The lowest BCUT2D eigenvalue weighted by Gasteiger charge is -2.23. The van der Waals surface area contributed by atoms with Crippen molar-refractivity contribution in [1.29, 1.82) is 0 Å². The van der Waals surface area contributed by atoms with Crippen LogP contribution in [-0.4, -0.2) is 40.5 Å². The standard InChI is InChI=1S/C16H22N4O/c1-12-5-7-20-15(8-12)18-13(9-16(20)21)11-19-6-3-4-14(19)10-17-2/h5,7-9,14,17H,3-4,6,10-11H2,1-2H3. The summed E-state index contributed by atoms with van der Waals surface area (Å²) in [4.78, 5) is 19.3. The van der Waals surface area contributed by atoms with Gasteiger partial charge in [-0.15, -0.1) is 0 Å². The number of nitrogens with one attached hydrogen (secondary N) is 1. The molecule has 0 spiro atoms. The van der Waals surface area contributed by atoms with Crippen LogP contribution in [0.15, 0.2) is 29.2 Å². The zero-order valence-corrected chi connectivity index (χ0v) is 12.7. The monoisotopic (exact) mass is 286 g/mol. The second-order valence-corrected chi connectivity index (χ2v) is 5.84. The number of aromatic nitrogens is 2. The minimum Gasteiger partial charge on any atom is -0.318 e. The summed E-state index contributed by atoms with van der Waals surface area (Å²) in [5.41, 5.74) is 2.73. The Morgan fingerprint density at radius 3 is 3.10 bits per heavy atom. The van der Waals surface area contributed by atoms with Gasteiger partial charge in [0.25, 0.3) is 5.56 Å². The quantitative estimate of drug-likeness (QED) is 0.917. The molecule has 1 unspecified atom stereocenters. The van der Waals surface area contributed by atoms with Crippen molar-refractivity contribution in [3.05, 3.63) is 46.0 Å². The van der Waals surface area contributed by atoms with Gasteiger partial charge in [0.05, 0.1) is 5.69 Å². The third kappa shape index (κ3) is 2.99. The zero-order valence-electron chi connectivity index (χ0n) is 12.7. The summed E-state index contributed by atoms with van der Waals surface area (Å²) in [5.74, 6) is 0. The van der Waals surface area contributed by atoms with Crippen molar-refractivity contribution in [3.8, 4) is 0 Å². The zero-order chi connectivity index (χ0) is 14.8. The van der Waals surface area contributed by atoms with Crippen LogP contribution in [0.5, 0.6) is 0 Å². The Hall–Kier alpha value is -1.72. The van der Waals surface area contributed by atoms with Crippen molar-refractivity contribution in [2.24, 2.45) is 0 Å². The highest BCUT2D eigenvalue weighted by molar-refractivity contribution is 5.41. The maximum atomic E-state index is 12.2. The number of pyridine rings is 1. The van der Waals surface area contributed by atoms with Crippen LogP contribution in [0.3, 0.4) is 0 Å². The highest BCUT2D eigenvalue weighted by Crippen LogP contribution is 2.18. The van der Waals surface area contributed by atoms with Crippen LogP contribution < -0.4 is 10.9 Å². The number of aryl methyl sites for hydroxylation is 1. The SMILES string of the molecule is CNCC1CCCN1Cc1cc(=O)n2ccc(C)cc2n1. The number of likely N-dealkylation sites (N-methyl/N-ethyl adjacent to an activating group) is 1. The smallest absolute Gasteiger partial charge is 0.258 e. The molecular formula is C16H22N4O. The van der Waals surface area contributed by atoms with E-state index in [-0.39, 0.29) is 5.56 Å². The van der Waals surface area contributed by atoms with Gasteiger partial charge in [-0.25, -0.2) is 4.98 Å². The molecule has 0 bridgehead atoms. The number of hydrogen-bond donors (Lipinski definition) is 1. The molecule has 1 saturated heterocycles. The molecule has 5 heteroatoms. The summed E-state index contributed by atoms with van der Waals surface area (Å²) in [7, 11) is 1.99. The lowest BCUT2D eigenvalue weighted by Crippen LogP contribution is -2.36. The lowest BCUT2D eigenvalue weighted by atomic mass is 10.2. The number of rotatable bonds is 4. The van der Waals surface area contributed by atoms with Crippen LogP contribution in [0.4, 0.5) is 0 Å². The van der Waals surface area contributed by atoms with Crippen molar-refractivity contribution >= 4 is 5.65 Å². The Morgan fingerprint density at radius 2 is 2.29 bits per heavy atom. The first-order valence-electron chi connectivity index (χ1n) is 7.55. The van der Waals surface area contributed by atoms with Crippen molar-refractivity contribution in [1.82, 2.24) is 19.6 Å².